The Kier molecular flexibility index (Phi) is 7.95. The van der Waals surface area contributed by atoms with E-state index in [1.54, 1.807) is 37.3 Å². The van der Waals surface area contributed by atoms with E-state index in [0.717, 1.165) is 29.0 Å². The third-order valence-electron chi connectivity index (χ3n) is 6.41. The number of halogens is 3. The van der Waals surface area contributed by atoms with Gasteiger partial charge in [0.05, 0.1) is 21.8 Å². The van der Waals surface area contributed by atoms with E-state index in [4.69, 9.17) is 4.42 Å². The zero-order valence-corrected chi connectivity index (χ0v) is 22.9. The molecule has 2 heterocycles. The molecule has 0 spiro atoms. The first-order chi connectivity index (χ1) is 20.2. The van der Waals surface area contributed by atoms with Crippen LogP contribution in [0.3, 0.4) is 0 Å². The van der Waals surface area contributed by atoms with Crippen molar-refractivity contribution in [2.75, 3.05) is 0 Å². The van der Waals surface area contributed by atoms with Gasteiger partial charge in [-0.2, -0.15) is 18.4 Å². The van der Waals surface area contributed by atoms with Gasteiger partial charge in [-0.3, -0.25) is 14.2 Å². The molecule has 6 nitrogen and oxygen atoms in total. The largest absolute Gasteiger partial charge is 0.457 e. The highest BCUT2D eigenvalue weighted by Crippen LogP contribution is 2.32. The molecule has 0 fully saturated rings. The highest BCUT2D eigenvalue weighted by molar-refractivity contribution is 7.07. The molecule has 0 radical (unpaired) electrons. The van der Waals surface area contributed by atoms with Crippen LogP contribution in [0.2, 0.25) is 0 Å². The van der Waals surface area contributed by atoms with Crippen LogP contribution in [-0.2, 0) is 11.0 Å². The SMILES string of the molecule is C[C@@H](NC(=O)/C(C#N)=c1/s/c(=C/c2ccc(-c3cccc(C(F)(F)F)c3)o2)c(=O)n1-c1ccccc1)c1ccccc1. The molecule has 0 saturated heterocycles. The molecule has 0 saturated carbocycles. The summed E-state index contributed by atoms with van der Waals surface area (Å²) in [7, 11) is 0. The number of alkyl halides is 3. The molecule has 1 amide bonds. The molecule has 2 aromatic heterocycles. The second kappa shape index (κ2) is 11.8. The van der Waals surface area contributed by atoms with Gasteiger partial charge in [0.15, 0.2) is 5.57 Å². The fraction of sp³-hybridized carbons (Fsp3) is 0.0938. The van der Waals surface area contributed by atoms with E-state index in [-0.39, 0.29) is 31.9 Å². The van der Waals surface area contributed by atoms with Crippen LogP contribution in [0, 0.1) is 11.3 Å². The normalized spacial score (nSPS) is 13.4. The Morgan fingerprint density at radius 3 is 2.36 bits per heavy atom. The minimum Gasteiger partial charge on any atom is -0.457 e. The van der Waals surface area contributed by atoms with Gasteiger partial charge in [0.25, 0.3) is 11.5 Å². The van der Waals surface area contributed by atoms with E-state index in [1.807, 2.05) is 36.4 Å². The second-order valence-corrected chi connectivity index (χ2v) is 10.3. The first-order valence-electron chi connectivity index (χ1n) is 12.7. The van der Waals surface area contributed by atoms with Gasteiger partial charge in [-0.1, -0.05) is 60.7 Å². The van der Waals surface area contributed by atoms with Crippen LogP contribution in [0.1, 0.15) is 29.9 Å². The molecule has 0 unspecified atom stereocenters. The molecule has 0 aliphatic rings. The molecule has 5 aromatic rings. The van der Waals surface area contributed by atoms with Gasteiger partial charge in [-0.15, -0.1) is 11.3 Å². The summed E-state index contributed by atoms with van der Waals surface area (Å²) in [4.78, 5) is 26.9. The Balaban J connectivity index is 1.60. The van der Waals surface area contributed by atoms with Crippen LogP contribution >= 0.6 is 11.3 Å². The molecule has 42 heavy (non-hydrogen) atoms. The molecule has 3 aromatic carbocycles. The smallest absolute Gasteiger partial charge is 0.416 e. The molecule has 1 N–H and O–H groups in total. The van der Waals surface area contributed by atoms with Crippen molar-refractivity contribution in [3.63, 3.8) is 0 Å². The maximum Gasteiger partial charge on any atom is 0.416 e. The topological polar surface area (TPSA) is 88.0 Å². The van der Waals surface area contributed by atoms with Crippen molar-refractivity contribution >= 4 is 28.9 Å². The van der Waals surface area contributed by atoms with Crippen LogP contribution in [-0.4, -0.2) is 10.5 Å². The highest BCUT2D eigenvalue weighted by atomic mass is 32.1. The predicted octanol–water partition coefficient (Wildman–Crippen LogP) is 5.56. The van der Waals surface area contributed by atoms with E-state index in [2.05, 4.69) is 5.32 Å². The van der Waals surface area contributed by atoms with Crippen molar-refractivity contribution in [3.05, 3.63) is 133 Å². The molecule has 10 heteroatoms. The minimum absolute atomic E-state index is 0.127. The zero-order valence-electron chi connectivity index (χ0n) is 22.1. The fourth-order valence-electron chi connectivity index (χ4n) is 4.31. The highest BCUT2D eigenvalue weighted by Gasteiger charge is 2.30. The van der Waals surface area contributed by atoms with Crippen LogP contribution in [0.4, 0.5) is 13.2 Å². The first kappa shape index (κ1) is 28.4. The Morgan fingerprint density at radius 1 is 1.00 bits per heavy atom. The van der Waals surface area contributed by atoms with Gasteiger partial charge in [0.2, 0.25) is 0 Å². The van der Waals surface area contributed by atoms with E-state index < -0.39 is 29.2 Å². The lowest BCUT2D eigenvalue weighted by molar-refractivity contribution is -0.137. The molecule has 0 bridgehead atoms. The molecular weight excluding hydrogens is 563 g/mol. The number of nitrogens with one attached hydrogen (secondary N) is 1. The number of nitriles is 1. The summed E-state index contributed by atoms with van der Waals surface area (Å²) < 4.78 is 46.9. The van der Waals surface area contributed by atoms with E-state index in [1.165, 1.54) is 34.9 Å². The number of aromatic nitrogens is 1. The monoisotopic (exact) mass is 585 g/mol. The Labute approximate surface area is 241 Å². The Hall–Kier alpha value is -5.14. The number of hydrogen-bond acceptors (Lipinski definition) is 5. The van der Waals surface area contributed by atoms with E-state index >= 15 is 0 Å². The summed E-state index contributed by atoms with van der Waals surface area (Å²) in [5.41, 5.74) is -0.0212. The number of rotatable bonds is 6. The molecule has 0 aliphatic carbocycles. The van der Waals surface area contributed by atoms with Crippen LogP contribution in [0.15, 0.2) is 106 Å². The lowest BCUT2D eigenvalue weighted by Gasteiger charge is -2.13. The Bertz CT molecular complexity index is 1970. The van der Waals surface area contributed by atoms with Gasteiger partial charge in [0.1, 0.15) is 22.3 Å². The average Bonchev–Trinajstić information content (AvgIpc) is 3.58. The standard InChI is InChI=1S/C32H22F3N3O3S/c1-20(21-9-4-2-5-10-21)37-29(39)26(19-36)31-38(24-13-6-3-7-14-24)30(40)28(42-31)18-25-15-16-27(41-25)22-11-8-12-23(17-22)32(33,34)35/h2-18,20H,1H3,(H,37,39)/b28-18+,31-26+/t20-/m1/s1. The van der Waals surface area contributed by atoms with Crippen LogP contribution in [0.5, 0.6) is 0 Å². The summed E-state index contributed by atoms with van der Waals surface area (Å²) in [6, 6.07) is 27.2. The first-order valence-corrected chi connectivity index (χ1v) is 13.5. The maximum atomic E-state index is 13.6. The van der Waals surface area contributed by atoms with Crippen molar-refractivity contribution in [2.45, 2.75) is 19.1 Å². The third-order valence-corrected chi connectivity index (χ3v) is 7.50. The van der Waals surface area contributed by atoms with Crippen molar-refractivity contribution < 1.29 is 22.4 Å². The lowest BCUT2D eigenvalue weighted by atomic mass is 10.1. The number of hydrogen-bond donors (Lipinski definition) is 1. The van der Waals surface area contributed by atoms with Crippen molar-refractivity contribution in [1.29, 1.82) is 5.26 Å². The van der Waals surface area contributed by atoms with Gasteiger partial charge in [0, 0.05) is 11.6 Å². The summed E-state index contributed by atoms with van der Waals surface area (Å²) in [5, 5.41) is 12.9. The van der Waals surface area contributed by atoms with Gasteiger partial charge in [-0.25, -0.2) is 0 Å². The third kappa shape index (κ3) is 5.96. The number of carbonyl (C=O) groups is 1. The minimum atomic E-state index is -4.51. The van der Waals surface area contributed by atoms with E-state index in [9.17, 15) is 28.0 Å². The van der Waals surface area contributed by atoms with Gasteiger partial charge >= 0.3 is 6.18 Å². The van der Waals surface area contributed by atoms with Gasteiger partial charge < -0.3 is 9.73 Å². The molecule has 5 rings (SSSR count). The van der Waals surface area contributed by atoms with Gasteiger partial charge in [-0.05, 0) is 48.9 Å². The summed E-state index contributed by atoms with van der Waals surface area (Å²) in [6.45, 7) is 1.79. The molecular formula is C32H22F3N3O3S. The van der Waals surface area contributed by atoms with Crippen molar-refractivity contribution in [1.82, 2.24) is 9.88 Å². The number of para-hydroxylation sites is 1. The van der Waals surface area contributed by atoms with Crippen molar-refractivity contribution in [2.24, 2.45) is 0 Å². The lowest BCUT2D eigenvalue weighted by Crippen LogP contribution is -2.34. The quantitative estimate of drug-likeness (QED) is 0.283. The predicted molar refractivity (Wildman–Crippen MR) is 154 cm³/mol. The summed E-state index contributed by atoms with van der Waals surface area (Å²) >= 11 is 0.936. The van der Waals surface area contributed by atoms with Crippen LogP contribution in [0.25, 0.3) is 28.7 Å². The Morgan fingerprint density at radius 2 is 1.69 bits per heavy atom. The summed E-state index contributed by atoms with van der Waals surface area (Å²) in [5.74, 6) is -0.240. The average molecular weight is 586 g/mol. The number of carbonyl (C=O) groups excluding carboxylic acids is 1. The number of thiazole rings is 1. The number of benzene rings is 3. The van der Waals surface area contributed by atoms with E-state index in [0.29, 0.717) is 5.69 Å². The number of amides is 1. The fourth-order valence-corrected chi connectivity index (χ4v) is 5.40. The molecule has 1 atom stereocenters. The number of nitrogens with zero attached hydrogens (tertiary/aromatic N) is 2. The molecule has 0 aliphatic heterocycles. The second-order valence-electron chi connectivity index (χ2n) is 9.27. The van der Waals surface area contributed by atoms with Crippen molar-refractivity contribution in [3.8, 4) is 23.1 Å². The summed E-state index contributed by atoms with van der Waals surface area (Å²) in [6.07, 6.45) is -3.07. The number of furan rings is 1. The maximum absolute atomic E-state index is 13.6. The zero-order chi connectivity index (χ0) is 29.9. The molecule has 210 valence electrons. The van der Waals surface area contributed by atoms with Crippen LogP contribution < -0.4 is 20.1 Å².